The number of nitrogens with one attached hydrogen (secondary N) is 1. The highest BCUT2D eigenvalue weighted by Crippen LogP contribution is 2.13. The predicted molar refractivity (Wildman–Crippen MR) is 84.9 cm³/mol. The number of ether oxygens (including phenoxy) is 1. The Morgan fingerprint density at radius 1 is 1.05 bits per heavy atom. The van der Waals surface area contributed by atoms with Crippen molar-refractivity contribution >= 4 is 11.7 Å². The topological polar surface area (TPSA) is 55.4 Å². The van der Waals surface area contributed by atoms with Crippen LogP contribution in [0.4, 0.5) is 0 Å². The quantitative estimate of drug-likeness (QED) is 0.833. The summed E-state index contributed by atoms with van der Waals surface area (Å²) in [5.41, 5.74) is 1.66. The largest absolute Gasteiger partial charge is 0.484 e. The summed E-state index contributed by atoms with van der Waals surface area (Å²) in [5.74, 6) is 0.375. The van der Waals surface area contributed by atoms with E-state index in [0.29, 0.717) is 11.3 Å². The van der Waals surface area contributed by atoms with E-state index in [9.17, 15) is 9.59 Å². The number of ketones is 1. The van der Waals surface area contributed by atoms with E-state index < -0.39 is 0 Å². The van der Waals surface area contributed by atoms with Crippen LogP contribution < -0.4 is 10.1 Å². The molecule has 0 radical (unpaired) electrons. The van der Waals surface area contributed by atoms with Crippen LogP contribution in [-0.4, -0.2) is 18.3 Å². The summed E-state index contributed by atoms with van der Waals surface area (Å²) in [5, 5.41) is 2.88. The molecule has 0 fully saturated rings. The lowest BCUT2D eigenvalue weighted by atomic mass is 10.1. The molecule has 4 nitrogen and oxygen atoms in total. The van der Waals surface area contributed by atoms with Crippen LogP contribution in [0.5, 0.6) is 5.75 Å². The number of rotatable bonds is 6. The molecule has 1 unspecified atom stereocenters. The van der Waals surface area contributed by atoms with Gasteiger partial charge in [0.1, 0.15) is 5.75 Å². The van der Waals surface area contributed by atoms with Crippen molar-refractivity contribution in [2.45, 2.75) is 19.9 Å². The van der Waals surface area contributed by atoms with E-state index in [1.807, 2.05) is 37.3 Å². The molecule has 1 amide bonds. The molecule has 0 aliphatic carbocycles. The second-order valence-corrected chi connectivity index (χ2v) is 5.07. The highest BCUT2D eigenvalue weighted by molar-refractivity contribution is 5.94. The van der Waals surface area contributed by atoms with Crippen LogP contribution in [-0.2, 0) is 4.79 Å². The molecule has 114 valence electrons. The lowest BCUT2D eigenvalue weighted by Crippen LogP contribution is -2.31. The van der Waals surface area contributed by atoms with Gasteiger partial charge in [-0.1, -0.05) is 30.3 Å². The number of carbonyl (C=O) groups excluding carboxylic acids is 2. The van der Waals surface area contributed by atoms with Gasteiger partial charge in [-0.3, -0.25) is 9.59 Å². The number of hydrogen-bond donors (Lipinski definition) is 1. The number of benzene rings is 2. The van der Waals surface area contributed by atoms with Crippen LogP contribution in [0.15, 0.2) is 54.6 Å². The minimum absolute atomic E-state index is 0.000906. The number of hydrogen-bond acceptors (Lipinski definition) is 3. The van der Waals surface area contributed by atoms with Gasteiger partial charge in [0.2, 0.25) is 0 Å². The maximum Gasteiger partial charge on any atom is 0.258 e. The van der Waals surface area contributed by atoms with Gasteiger partial charge in [-0.25, -0.2) is 0 Å². The highest BCUT2D eigenvalue weighted by atomic mass is 16.5. The van der Waals surface area contributed by atoms with Crippen molar-refractivity contribution in [1.29, 1.82) is 0 Å². The first-order chi connectivity index (χ1) is 10.6. The van der Waals surface area contributed by atoms with Crippen LogP contribution in [0.3, 0.4) is 0 Å². The van der Waals surface area contributed by atoms with Crippen molar-refractivity contribution in [3.8, 4) is 5.75 Å². The van der Waals surface area contributed by atoms with E-state index in [-0.39, 0.29) is 24.3 Å². The molecule has 0 bridgehead atoms. The van der Waals surface area contributed by atoms with E-state index in [1.54, 1.807) is 24.3 Å². The molecule has 0 heterocycles. The third-order valence-electron chi connectivity index (χ3n) is 3.31. The van der Waals surface area contributed by atoms with Crippen molar-refractivity contribution in [1.82, 2.24) is 5.32 Å². The van der Waals surface area contributed by atoms with Gasteiger partial charge in [-0.15, -0.1) is 0 Å². The highest BCUT2D eigenvalue weighted by Gasteiger charge is 2.09. The van der Waals surface area contributed by atoms with Crippen LogP contribution in [0, 0.1) is 0 Å². The van der Waals surface area contributed by atoms with Crippen molar-refractivity contribution in [3.63, 3.8) is 0 Å². The van der Waals surface area contributed by atoms with Crippen LogP contribution in [0.2, 0.25) is 0 Å². The SMILES string of the molecule is CC(=O)c1ccc(OCC(=O)NC(C)c2ccccc2)cc1. The Hall–Kier alpha value is -2.62. The van der Waals surface area contributed by atoms with Gasteiger partial charge in [0, 0.05) is 5.56 Å². The molecule has 2 aromatic rings. The van der Waals surface area contributed by atoms with Gasteiger partial charge in [-0.2, -0.15) is 0 Å². The standard InChI is InChI=1S/C18H19NO3/c1-13(15-6-4-3-5-7-15)19-18(21)12-22-17-10-8-16(9-11-17)14(2)20/h3-11,13H,12H2,1-2H3,(H,19,21). The van der Waals surface area contributed by atoms with E-state index in [1.165, 1.54) is 6.92 Å². The average molecular weight is 297 g/mol. The molecule has 0 saturated heterocycles. The Morgan fingerprint density at radius 2 is 1.68 bits per heavy atom. The van der Waals surface area contributed by atoms with Gasteiger partial charge >= 0.3 is 0 Å². The monoisotopic (exact) mass is 297 g/mol. The fourth-order valence-corrected chi connectivity index (χ4v) is 2.04. The summed E-state index contributed by atoms with van der Waals surface area (Å²) < 4.78 is 5.42. The van der Waals surface area contributed by atoms with Crippen molar-refractivity contribution in [3.05, 3.63) is 65.7 Å². The normalized spacial score (nSPS) is 11.5. The molecule has 0 saturated carbocycles. The Kier molecular flexibility index (Phi) is 5.31. The smallest absolute Gasteiger partial charge is 0.258 e. The summed E-state index contributed by atoms with van der Waals surface area (Å²) in [7, 11) is 0. The molecule has 0 aliphatic heterocycles. The molecule has 2 aromatic carbocycles. The van der Waals surface area contributed by atoms with Gasteiger partial charge in [-0.05, 0) is 43.7 Å². The van der Waals surface area contributed by atoms with E-state index >= 15 is 0 Å². The average Bonchev–Trinajstić information content (AvgIpc) is 2.54. The van der Waals surface area contributed by atoms with Crippen molar-refractivity contribution in [2.75, 3.05) is 6.61 Å². The molecular formula is C18H19NO3. The Bertz CT molecular complexity index is 635. The zero-order valence-electron chi connectivity index (χ0n) is 12.7. The first-order valence-electron chi connectivity index (χ1n) is 7.14. The Balaban J connectivity index is 1.83. The number of carbonyl (C=O) groups is 2. The molecule has 2 rings (SSSR count). The molecule has 4 heteroatoms. The van der Waals surface area contributed by atoms with Gasteiger partial charge in [0.05, 0.1) is 6.04 Å². The van der Waals surface area contributed by atoms with E-state index in [4.69, 9.17) is 4.74 Å². The van der Waals surface area contributed by atoms with Gasteiger partial charge < -0.3 is 10.1 Å². The summed E-state index contributed by atoms with van der Waals surface area (Å²) in [4.78, 5) is 23.1. The molecule has 0 aromatic heterocycles. The third-order valence-corrected chi connectivity index (χ3v) is 3.31. The summed E-state index contributed by atoms with van der Waals surface area (Å²) in [6.07, 6.45) is 0. The zero-order valence-corrected chi connectivity index (χ0v) is 12.7. The number of Topliss-reactive ketones (excluding diaryl/α,β-unsaturated/α-hetero) is 1. The Morgan fingerprint density at radius 3 is 2.27 bits per heavy atom. The minimum atomic E-state index is -0.188. The molecule has 0 aliphatic rings. The molecule has 22 heavy (non-hydrogen) atoms. The first kappa shape index (κ1) is 15.8. The summed E-state index contributed by atoms with van der Waals surface area (Å²) >= 11 is 0. The Labute approximate surface area is 130 Å². The van der Waals surface area contributed by atoms with Crippen molar-refractivity contribution in [2.24, 2.45) is 0 Å². The first-order valence-corrected chi connectivity index (χ1v) is 7.14. The van der Waals surface area contributed by atoms with E-state index in [2.05, 4.69) is 5.32 Å². The van der Waals surface area contributed by atoms with Gasteiger partial charge in [0.15, 0.2) is 12.4 Å². The zero-order chi connectivity index (χ0) is 15.9. The predicted octanol–water partition coefficient (Wildman–Crippen LogP) is 3.15. The number of amides is 1. The maximum absolute atomic E-state index is 11.9. The van der Waals surface area contributed by atoms with Crippen molar-refractivity contribution < 1.29 is 14.3 Å². The third kappa shape index (κ3) is 4.45. The second-order valence-electron chi connectivity index (χ2n) is 5.07. The molecular weight excluding hydrogens is 278 g/mol. The maximum atomic E-state index is 11.9. The molecule has 1 atom stereocenters. The fourth-order valence-electron chi connectivity index (χ4n) is 2.04. The minimum Gasteiger partial charge on any atom is -0.484 e. The van der Waals surface area contributed by atoms with Crippen LogP contribution in [0.1, 0.15) is 35.8 Å². The van der Waals surface area contributed by atoms with E-state index in [0.717, 1.165) is 5.56 Å². The summed E-state index contributed by atoms with van der Waals surface area (Å²) in [6.45, 7) is 3.37. The summed E-state index contributed by atoms with van der Waals surface area (Å²) in [6, 6.07) is 16.4. The molecule has 0 spiro atoms. The molecule has 1 N–H and O–H groups in total. The van der Waals surface area contributed by atoms with Crippen LogP contribution >= 0.6 is 0 Å². The second kappa shape index (κ2) is 7.41. The lowest BCUT2D eigenvalue weighted by Gasteiger charge is -2.14. The fraction of sp³-hybridized carbons (Fsp3) is 0.222. The van der Waals surface area contributed by atoms with Crippen LogP contribution in [0.25, 0.3) is 0 Å². The van der Waals surface area contributed by atoms with Gasteiger partial charge in [0.25, 0.3) is 5.91 Å². The lowest BCUT2D eigenvalue weighted by molar-refractivity contribution is -0.123.